The fourth-order valence-electron chi connectivity index (χ4n) is 0.989. The van der Waals surface area contributed by atoms with Gasteiger partial charge in [0, 0.05) is 0 Å². The van der Waals surface area contributed by atoms with Crippen LogP contribution in [0.15, 0.2) is 11.6 Å². The number of rotatable bonds is 5. The maximum absolute atomic E-state index is 3.80. The van der Waals surface area contributed by atoms with Gasteiger partial charge in [0.05, 0.1) is 0 Å². The molecule has 0 nitrogen and oxygen atoms in total. The maximum atomic E-state index is 3.80. The van der Waals surface area contributed by atoms with Crippen molar-refractivity contribution in [1.29, 1.82) is 0 Å². The molecular formula is C10H19. The highest BCUT2D eigenvalue weighted by Gasteiger charge is 1.85. The predicted molar refractivity (Wildman–Crippen MR) is 47.9 cm³/mol. The second-order valence-corrected chi connectivity index (χ2v) is 2.80. The van der Waals surface area contributed by atoms with Crippen LogP contribution in [0.3, 0.4) is 0 Å². The zero-order valence-electron chi connectivity index (χ0n) is 7.32. The van der Waals surface area contributed by atoms with Gasteiger partial charge >= 0.3 is 0 Å². The van der Waals surface area contributed by atoms with Gasteiger partial charge in [0.2, 0.25) is 0 Å². The molecule has 0 saturated heterocycles. The van der Waals surface area contributed by atoms with Crippen LogP contribution >= 0.6 is 0 Å². The van der Waals surface area contributed by atoms with Crippen molar-refractivity contribution >= 4 is 0 Å². The molecule has 0 fully saturated rings. The van der Waals surface area contributed by atoms with Crippen molar-refractivity contribution in [2.75, 3.05) is 0 Å². The Hall–Kier alpha value is -0.260. The largest absolute Gasteiger partial charge is 0.0856 e. The number of unbranched alkanes of at least 4 members (excludes halogenated alkanes) is 2. The first kappa shape index (κ1) is 9.74. The summed E-state index contributed by atoms with van der Waals surface area (Å²) in [7, 11) is 0. The van der Waals surface area contributed by atoms with Crippen molar-refractivity contribution in [3.8, 4) is 0 Å². The molecule has 0 amide bonds. The molecule has 0 bridgehead atoms. The van der Waals surface area contributed by atoms with E-state index in [0.717, 1.165) is 6.42 Å². The fourth-order valence-corrected chi connectivity index (χ4v) is 0.989. The van der Waals surface area contributed by atoms with Crippen molar-refractivity contribution < 1.29 is 0 Å². The van der Waals surface area contributed by atoms with E-state index >= 15 is 0 Å². The quantitative estimate of drug-likeness (QED) is 0.402. The van der Waals surface area contributed by atoms with Crippen LogP contribution in [0.4, 0.5) is 0 Å². The lowest BCUT2D eigenvalue weighted by Gasteiger charge is -1.96. The minimum absolute atomic E-state index is 1.07. The molecule has 0 spiro atoms. The number of hydrogen-bond donors (Lipinski definition) is 0. The van der Waals surface area contributed by atoms with Gasteiger partial charge < -0.3 is 0 Å². The van der Waals surface area contributed by atoms with Crippen LogP contribution in [0.1, 0.15) is 46.0 Å². The van der Waals surface area contributed by atoms with Gasteiger partial charge in [0.1, 0.15) is 0 Å². The molecule has 0 saturated carbocycles. The van der Waals surface area contributed by atoms with Gasteiger partial charge in [-0.2, -0.15) is 0 Å². The van der Waals surface area contributed by atoms with Crippen molar-refractivity contribution in [3.63, 3.8) is 0 Å². The summed E-state index contributed by atoms with van der Waals surface area (Å²) in [4.78, 5) is 0. The Kier molecular flexibility index (Phi) is 6.68. The van der Waals surface area contributed by atoms with Crippen LogP contribution in [-0.4, -0.2) is 0 Å². The zero-order chi connectivity index (χ0) is 7.82. The lowest BCUT2D eigenvalue weighted by atomic mass is 10.1. The third-order valence-corrected chi connectivity index (χ3v) is 1.59. The molecule has 59 valence electrons. The molecule has 0 heteroatoms. The topological polar surface area (TPSA) is 0 Å². The van der Waals surface area contributed by atoms with Gasteiger partial charge in [0.15, 0.2) is 0 Å². The molecule has 0 aliphatic rings. The summed E-state index contributed by atoms with van der Waals surface area (Å²) >= 11 is 0. The van der Waals surface area contributed by atoms with E-state index in [4.69, 9.17) is 0 Å². The Bertz CT molecular complexity index is 90.2. The molecule has 0 aromatic heterocycles. The SMILES string of the molecule is [CH2]CCC/C=C(\C)CCC. The number of allylic oxidation sites excluding steroid dienone is 2. The molecule has 10 heavy (non-hydrogen) atoms. The van der Waals surface area contributed by atoms with Crippen molar-refractivity contribution in [3.05, 3.63) is 18.6 Å². The Balaban J connectivity index is 3.28. The van der Waals surface area contributed by atoms with E-state index in [0.29, 0.717) is 0 Å². The highest BCUT2D eigenvalue weighted by Crippen LogP contribution is 2.06. The lowest BCUT2D eigenvalue weighted by Crippen LogP contribution is -1.75. The van der Waals surface area contributed by atoms with E-state index in [1.165, 1.54) is 31.3 Å². The van der Waals surface area contributed by atoms with Gasteiger partial charge in [-0.25, -0.2) is 0 Å². The Morgan fingerprint density at radius 2 is 2.20 bits per heavy atom. The Morgan fingerprint density at radius 1 is 1.50 bits per heavy atom. The first-order chi connectivity index (χ1) is 4.81. The molecule has 0 aliphatic heterocycles. The van der Waals surface area contributed by atoms with E-state index in [1.54, 1.807) is 0 Å². The highest BCUT2D eigenvalue weighted by molar-refractivity contribution is 4.97. The zero-order valence-corrected chi connectivity index (χ0v) is 7.32. The first-order valence-electron chi connectivity index (χ1n) is 4.26. The average molecular weight is 139 g/mol. The molecule has 0 N–H and O–H groups in total. The fraction of sp³-hybridized carbons (Fsp3) is 0.700. The van der Waals surface area contributed by atoms with E-state index in [1.807, 2.05) is 0 Å². The van der Waals surface area contributed by atoms with Gasteiger partial charge in [-0.05, 0) is 26.2 Å². The molecule has 0 unspecified atom stereocenters. The van der Waals surface area contributed by atoms with Crippen LogP contribution in [0.2, 0.25) is 0 Å². The molecule has 0 heterocycles. The summed E-state index contributed by atoms with van der Waals surface area (Å²) in [5, 5.41) is 0. The van der Waals surface area contributed by atoms with Gasteiger partial charge in [-0.1, -0.05) is 38.3 Å². The van der Waals surface area contributed by atoms with Gasteiger partial charge in [-0.15, -0.1) is 0 Å². The van der Waals surface area contributed by atoms with E-state index < -0.39 is 0 Å². The molecule has 1 radical (unpaired) electrons. The van der Waals surface area contributed by atoms with Crippen LogP contribution in [0.5, 0.6) is 0 Å². The molecule has 0 aromatic rings. The third kappa shape index (κ3) is 5.87. The van der Waals surface area contributed by atoms with Crippen molar-refractivity contribution in [1.82, 2.24) is 0 Å². The van der Waals surface area contributed by atoms with E-state index in [9.17, 15) is 0 Å². The van der Waals surface area contributed by atoms with Crippen LogP contribution < -0.4 is 0 Å². The van der Waals surface area contributed by atoms with Crippen LogP contribution in [-0.2, 0) is 0 Å². The Morgan fingerprint density at radius 3 is 2.70 bits per heavy atom. The molecular weight excluding hydrogens is 120 g/mol. The molecule has 0 aromatic carbocycles. The van der Waals surface area contributed by atoms with Crippen LogP contribution in [0.25, 0.3) is 0 Å². The normalized spacial score (nSPS) is 12.1. The van der Waals surface area contributed by atoms with E-state index in [2.05, 4.69) is 26.8 Å². The summed E-state index contributed by atoms with van der Waals surface area (Å²) < 4.78 is 0. The van der Waals surface area contributed by atoms with Crippen molar-refractivity contribution in [2.45, 2.75) is 46.0 Å². The predicted octanol–water partition coefficient (Wildman–Crippen LogP) is 3.74. The molecule has 0 atom stereocenters. The monoisotopic (exact) mass is 139 g/mol. The number of hydrogen-bond acceptors (Lipinski definition) is 0. The average Bonchev–Trinajstić information content (AvgIpc) is 1.89. The second-order valence-electron chi connectivity index (χ2n) is 2.80. The Labute approximate surface area is 65.3 Å². The second kappa shape index (κ2) is 6.85. The summed E-state index contributed by atoms with van der Waals surface area (Å²) in [6.07, 6.45) is 8.39. The lowest BCUT2D eigenvalue weighted by molar-refractivity contribution is 0.838. The smallest absolute Gasteiger partial charge is 0.0326 e. The minimum atomic E-state index is 1.07. The molecule has 0 aliphatic carbocycles. The first-order valence-corrected chi connectivity index (χ1v) is 4.26. The van der Waals surface area contributed by atoms with Gasteiger partial charge in [0.25, 0.3) is 0 Å². The minimum Gasteiger partial charge on any atom is -0.0856 e. The highest BCUT2D eigenvalue weighted by atomic mass is 13.9. The van der Waals surface area contributed by atoms with E-state index in [-0.39, 0.29) is 0 Å². The summed E-state index contributed by atoms with van der Waals surface area (Å²) in [5.74, 6) is 0. The standard InChI is InChI=1S/C10H19/c1-4-6-7-9-10(3)8-5-2/h9H,1,4-8H2,2-3H3/b10-9+. The van der Waals surface area contributed by atoms with Crippen LogP contribution in [0, 0.1) is 6.92 Å². The summed E-state index contributed by atoms with van der Waals surface area (Å²) in [6.45, 7) is 8.24. The van der Waals surface area contributed by atoms with Gasteiger partial charge in [-0.3, -0.25) is 0 Å². The molecule has 0 rings (SSSR count). The van der Waals surface area contributed by atoms with Crippen molar-refractivity contribution in [2.24, 2.45) is 0 Å². The third-order valence-electron chi connectivity index (χ3n) is 1.59. The maximum Gasteiger partial charge on any atom is -0.0326 e. The summed E-state index contributed by atoms with van der Waals surface area (Å²) in [5.41, 5.74) is 1.54. The summed E-state index contributed by atoms with van der Waals surface area (Å²) in [6, 6.07) is 0.